The molecule has 0 aliphatic heterocycles. The summed E-state index contributed by atoms with van der Waals surface area (Å²) in [7, 11) is 0. The van der Waals surface area contributed by atoms with Crippen LogP contribution >= 0.6 is 0 Å². The second kappa shape index (κ2) is 8.08. The summed E-state index contributed by atoms with van der Waals surface area (Å²) in [6, 6.07) is 44.6. The second-order valence-electron chi connectivity index (χ2n) is 10.7. The number of fused-ring (bicyclic) bond motifs is 6. The van der Waals surface area contributed by atoms with Crippen LogP contribution in [0.5, 0.6) is 0 Å². The van der Waals surface area contributed by atoms with Gasteiger partial charge in [0.05, 0.1) is 5.69 Å². The zero-order chi connectivity index (χ0) is 25.1. The van der Waals surface area contributed by atoms with Crippen molar-refractivity contribution in [2.75, 3.05) is 4.90 Å². The lowest BCUT2D eigenvalue weighted by molar-refractivity contribution is 0.660. The Balaban J connectivity index is 1.52. The molecule has 0 amide bonds. The van der Waals surface area contributed by atoms with E-state index in [9.17, 15) is 0 Å². The van der Waals surface area contributed by atoms with Gasteiger partial charge in [-0.3, -0.25) is 0 Å². The van der Waals surface area contributed by atoms with Crippen molar-refractivity contribution in [1.82, 2.24) is 0 Å². The first-order chi connectivity index (χ1) is 18.0. The van der Waals surface area contributed by atoms with Crippen molar-refractivity contribution in [3.63, 3.8) is 0 Å². The van der Waals surface area contributed by atoms with E-state index < -0.39 is 0 Å². The Kier molecular flexibility index (Phi) is 4.78. The molecule has 1 aliphatic rings. The van der Waals surface area contributed by atoms with Crippen LogP contribution in [-0.2, 0) is 5.41 Å². The lowest BCUT2D eigenvalue weighted by Crippen LogP contribution is -2.16. The molecule has 37 heavy (non-hydrogen) atoms. The fourth-order valence-electron chi connectivity index (χ4n) is 6.17. The van der Waals surface area contributed by atoms with Crippen LogP contribution < -0.4 is 4.90 Å². The fourth-order valence-corrected chi connectivity index (χ4v) is 6.17. The third-order valence-electron chi connectivity index (χ3n) is 8.10. The number of anilines is 3. The average Bonchev–Trinajstić information content (AvgIpc) is 3.16. The lowest BCUT2D eigenvalue weighted by atomic mass is 9.82. The van der Waals surface area contributed by atoms with Crippen molar-refractivity contribution in [1.29, 1.82) is 0 Å². The standard InChI is InChI=1S/C36H29N/c1-24-16-18-26(19-17-24)37(35-22-25-10-4-5-11-28(25)29-12-6-7-14-32(29)35)27-20-21-31-30-13-8-9-15-33(30)36(2,3)34(31)23-27/h4-23H,1-3H3. The predicted molar refractivity (Wildman–Crippen MR) is 158 cm³/mol. The molecule has 7 rings (SSSR count). The minimum Gasteiger partial charge on any atom is -0.310 e. The number of aryl methyl sites for hydroxylation is 1. The Bertz CT molecular complexity index is 1810. The molecule has 0 radical (unpaired) electrons. The molecular weight excluding hydrogens is 446 g/mol. The van der Waals surface area contributed by atoms with Crippen molar-refractivity contribution in [2.45, 2.75) is 26.2 Å². The minimum absolute atomic E-state index is 0.0493. The molecule has 0 saturated carbocycles. The first-order valence-corrected chi connectivity index (χ1v) is 13.0. The van der Waals surface area contributed by atoms with Crippen LogP contribution in [0.3, 0.4) is 0 Å². The summed E-state index contributed by atoms with van der Waals surface area (Å²) in [5.74, 6) is 0. The Morgan fingerprint density at radius 2 is 1.14 bits per heavy atom. The van der Waals surface area contributed by atoms with Crippen molar-refractivity contribution in [3.05, 3.63) is 138 Å². The third-order valence-corrected chi connectivity index (χ3v) is 8.10. The van der Waals surface area contributed by atoms with E-state index in [1.807, 2.05) is 0 Å². The van der Waals surface area contributed by atoms with Crippen molar-refractivity contribution in [3.8, 4) is 11.1 Å². The van der Waals surface area contributed by atoms with Gasteiger partial charge in [-0.15, -0.1) is 0 Å². The van der Waals surface area contributed by atoms with Gasteiger partial charge < -0.3 is 4.90 Å². The van der Waals surface area contributed by atoms with Gasteiger partial charge in [0.2, 0.25) is 0 Å². The Morgan fingerprint density at radius 1 is 0.514 bits per heavy atom. The normalized spacial score (nSPS) is 13.5. The molecule has 0 saturated heterocycles. The monoisotopic (exact) mass is 475 g/mol. The zero-order valence-corrected chi connectivity index (χ0v) is 21.5. The maximum atomic E-state index is 2.44. The van der Waals surface area contributed by atoms with E-state index in [0.717, 1.165) is 0 Å². The number of hydrogen-bond donors (Lipinski definition) is 0. The van der Waals surface area contributed by atoms with Gasteiger partial charge in [-0.25, -0.2) is 0 Å². The Labute approximate surface area is 218 Å². The quantitative estimate of drug-likeness (QED) is 0.230. The summed E-state index contributed by atoms with van der Waals surface area (Å²) in [5, 5.41) is 5.07. The largest absolute Gasteiger partial charge is 0.310 e. The molecule has 0 fully saturated rings. The SMILES string of the molecule is Cc1ccc(N(c2ccc3c(c2)C(C)(C)c2ccccc2-3)c2cc3ccccc3c3ccccc23)cc1. The molecule has 0 spiro atoms. The van der Waals surface area contributed by atoms with E-state index in [0.29, 0.717) is 0 Å². The highest BCUT2D eigenvalue weighted by molar-refractivity contribution is 6.14. The summed E-state index contributed by atoms with van der Waals surface area (Å²) < 4.78 is 0. The summed E-state index contributed by atoms with van der Waals surface area (Å²) in [4.78, 5) is 2.44. The second-order valence-corrected chi connectivity index (χ2v) is 10.7. The molecule has 0 atom stereocenters. The van der Waals surface area contributed by atoms with E-state index in [4.69, 9.17) is 0 Å². The molecule has 0 aromatic heterocycles. The lowest BCUT2D eigenvalue weighted by Gasteiger charge is -2.29. The van der Waals surface area contributed by atoms with E-state index in [1.165, 1.54) is 66.4 Å². The van der Waals surface area contributed by atoms with Crippen LogP contribution in [0, 0.1) is 6.92 Å². The van der Waals surface area contributed by atoms with Crippen LogP contribution in [0.4, 0.5) is 17.1 Å². The van der Waals surface area contributed by atoms with Crippen LogP contribution in [0.15, 0.2) is 121 Å². The van der Waals surface area contributed by atoms with E-state index >= 15 is 0 Å². The van der Waals surface area contributed by atoms with Gasteiger partial charge in [0, 0.05) is 22.2 Å². The molecule has 178 valence electrons. The predicted octanol–water partition coefficient (Wildman–Crippen LogP) is 10.1. The van der Waals surface area contributed by atoms with Gasteiger partial charge in [0.15, 0.2) is 0 Å². The Hall–Kier alpha value is -4.36. The molecule has 0 unspecified atom stereocenters. The highest BCUT2D eigenvalue weighted by Crippen LogP contribution is 2.51. The summed E-state index contributed by atoms with van der Waals surface area (Å²) >= 11 is 0. The number of rotatable bonds is 3. The topological polar surface area (TPSA) is 3.24 Å². The zero-order valence-electron chi connectivity index (χ0n) is 21.5. The van der Waals surface area contributed by atoms with Gasteiger partial charge in [-0.05, 0) is 75.7 Å². The number of benzene rings is 6. The van der Waals surface area contributed by atoms with E-state index in [2.05, 4.69) is 147 Å². The average molecular weight is 476 g/mol. The summed E-state index contributed by atoms with van der Waals surface area (Å²) in [6.45, 7) is 6.85. The highest BCUT2D eigenvalue weighted by atomic mass is 15.1. The van der Waals surface area contributed by atoms with Crippen molar-refractivity contribution in [2.24, 2.45) is 0 Å². The summed E-state index contributed by atoms with van der Waals surface area (Å²) in [6.07, 6.45) is 0. The first kappa shape index (κ1) is 21.9. The fraction of sp³-hybridized carbons (Fsp3) is 0.111. The van der Waals surface area contributed by atoms with Gasteiger partial charge in [-0.2, -0.15) is 0 Å². The maximum absolute atomic E-state index is 2.44. The number of hydrogen-bond acceptors (Lipinski definition) is 1. The first-order valence-electron chi connectivity index (χ1n) is 13.0. The number of nitrogens with zero attached hydrogens (tertiary/aromatic N) is 1. The van der Waals surface area contributed by atoms with Crippen LogP contribution in [-0.4, -0.2) is 0 Å². The van der Waals surface area contributed by atoms with Crippen LogP contribution in [0.1, 0.15) is 30.5 Å². The van der Waals surface area contributed by atoms with Crippen LogP contribution in [0.2, 0.25) is 0 Å². The molecule has 1 nitrogen and oxygen atoms in total. The minimum atomic E-state index is -0.0493. The molecule has 0 bridgehead atoms. The van der Waals surface area contributed by atoms with Crippen LogP contribution in [0.25, 0.3) is 32.7 Å². The van der Waals surface area contributed by atoms with Gasteiger partial charge in [0.25, 0.3) is 0 Å². The van der Waals surface area contributed by atoms with Gasteiger partial charge >= 0.3 is 0 Å². The molecule has 0 heterocycles. The Morgan fingerprint density at radius 3 is 1.95 bits per heavy atom. The molecule has 6 aromatic carbocycles. The molecule has 1 heteroatoms. The van der Waals surface area contributed by atoms with Gasteiger partial charge in [0.1, 0.15) is 0 Å². The van der Waals surface area contributed by atoms with Crippen molar-refractivity contribution < 1.29 is 0 Å². The smallest absolute Gasteiger partial charge is 0.0546 e. The molecule has 0 N–H and O–H groups in total. The van der Waals surface area contributed by atoms with E-state index in [-0.39, 0.29) is 5.41 Å². The van der Waals surface area contributed by atoms with Crippen molar-refractivity contribution >= 4 is 38.6 Å². The molecule has 1 aliphatic carbocycles. The third kappa shape index (κ3) is 3.31. The molecule has 6 aromatic rings. The molecular formula is C36H29N. The maximum Gasteiger partial charge on any atom is 0.0546 e. The highest BCUT2D eigenvalue weighted by Gasteiger charge is 2.35. The summed E-state index contributed by atoms with van der Waals surface area (Å²) in [5.41, 5.74) is 10.2. The van der Waals surface area contributed by atoms with Gasteiger partial charge in [-0.1, -0.05) is 110 Å². The van der Waals surface area contributed by atoms with E-state index in [1.54, 1.807) is 0 Å².